The Labute approximate surface area is 127 Å². The highest BCUT2D eigenvalue weighted by atomic mass is 16.4. The first kappa shape index (κ1) is 16.1. The van der Waals surface area contributed by atoms with Gasteiger partial charge in [-0.15, -0.1) is 0 Å². The van der Waals surface area contributed by atoms with Crippen LogP contribution in [0.25, 0.3) is 0 Å². The van der Waals surface area contributed by atoms with Gasteiger partial charge in [-0.3, -0.25) is 9.69 Å². The molecular formula is C15H28N4O2. The van der Waals surface area contributed by atoms with Crippen LogP contribution in [-0.4, -0.2) is 59.3 Å². The summed E-state index contributed by atoms with van der Waals surface area (Å²) >= 11 is 0. The maximum Gasteiger partial charge on any atom is 0.321 e. The first-order valence-electron chi connectivity index (χ1n) is 7.86. The van der Waals surface area contributed by atoms with E-state index < -0.39 is 12.0 Å². The lowest BCUT2D eigenvalue weighted by Crippen LogP contribution is -2.42. The molecule has 6 nitrogen and oxygen atoms in total. The van der Waals surface area contributed by atoms with Crippen LogP contribution in [-0.2, 0) is 4.79 Å². The Bertz CT molecular complexity index is 397. The number of carboxylic acid groups (broad SMARTS) is 1. The Hall–Kier alpha value is -1.27. The van der Waals surface area contributed by atoms with Crippen molar-refractivity contribution in [3.05, 3.63) is 11.9 Å². The molecule has 120 valence electrons. The van der Waals surface area contributed by atoms with E-state index in [0.29, 0.717) is 18.9 Å². The van der Waals surface area contributed by atoms with E-state index in [2.05, 4.69) is 30.3 Å². The predicted octanol–water partition coefficient (Wildman–Crippen LogP) is 0.613. The van der Waals surface area contributed by atoms with Crippen LogP contribution in [0, 0.1) is 5.92 Å². The van der Waals surface area contributed by atoms with Crippen molar-refractivity contribution in [1.29, 1.82) is 0 Å². The van der Waals surface area contributed by atoms with Crippen molar-refractivity contribution in [3.8, 4) is 0 Å². The summed E-state index contributed by atoms with van der Waals surface area (Å²) in [5, 5.41) is 12.8. The number of nitrogens with two attached hydrogens (primary N) is 1. The minimum atomic E-state index is -0.757. The van der Waals surface area contributed by atoms with Crippen LogP contribution in [0.5, 0.6) is 0 Å². The van der Waals surface area contributed by atoms with E-state index in [1.54, 1.807) is 0 Å². The lowest BCUT2D eigenvalue weighted by molar-refractivity contribution is -0.142. The number of rotatable bonds is 7. The monoisotopic (exact) mass is 296 g/mol. The third-order valence-corrected chi connectivity index (χ3v) is 4.24. The van der Waals surface area contributed by atoms with Gasteiger partial charge in [-0.2, -0.15) is 0 Å². The van der Waals surface area contributed by atoms with Gasteiger partial charge in [0.05, 0.1) is 6.67 Å². The molecule has 4 N–H and O–H groups in total. The molecule has 0 aromatic heterocycles. The van der Waals surface area contributed by atoms with Crippen LogP contribution in [0.1, 0.15) is 33.1 Å². The number of carboxylic acids is 1. The Kier molecular flexibility index (Phi) is 5.47. The highest BCUT2D eigenvalue weighted by Gasteiger charge is 2.32. The standard InChI is InChI=1S/C15H28N4O2/c1-11(2)3-5-18-9-13(17-10-18)7-14(15(20)21)19-6-4-12(16)8-19/h9,11-12,14,17H,3-8,10,16H2,1-2H3,(H,20,21)/t12-,14-/m0/s1. The first-order chi connectivity index (χ1) is 9.95. The molecule has 0 radical (unpaired) electrons. The van der Waals surface area contributed by atoms with Gasteiger partial charge < -0.3 is 21.1 Å². The van der Waals surface area contributed by atoms with Crippen molar-refractivity contribution in [2.45, 2.75) is 45.2 Å². The SMILES string of the molecule is CC(C)CCN1C=C(C[C@@H](C(=O)O)N2CC[C@H](N)C2)NC1. The van der Waals surface area contributed by atoms with Gasteiger partial charge in [0.1, 0.15) is 6.04 Å². The molecule has 2 heterocycles. The zero-order valence-corrected chi connectivity index (χ0v) is 13.1. The minimum absolute atomic E-state index is 0.111. The van der Waals surface area contributed by atoms with Gasteiger partial charge in [-0.25, -0.2) is 0 Å². The molecule has 0 aliphatic carbocycles. The van der Waals surface area contributed by atoms with Crippen molar-refractivity contribution in [2.24, 2.45) is 11.7 Å². The number of nitrogens with zero attached hydrogens (tertiary/aromatic N) is 2. The van der Waals surface area contributed by atoms with Crippen molar-refractivity contribution < 1.29 is 9.90 Å². The quantitative estimate of drug-likeness (QED) is 0.639. The van der Waals surface area contributed by atoms with E-state index >= 15 is 0 Å². The molecule has 2 aliphatic heterocycles. The summed E-state index contributed by atoms with van der Waals surface area (Å²) in [6, 6.07) is -0.359. The third-order valence-electron chi connectivity index (χ3n) is 4.24. The zero-order valence-electron chi connectivity index (χ0n) is 13.1. The number of hydrogen-bond donors (Lipinski definition) is 3. The number of carbonyl (C=O) groups is 1. The average Bonchev–Trinajstić information content (AvgIpc) is 3.02. The smallest absolute Gasteiger partial charge is 0.321 e. The molecule has 0 aromatic rings. The maximum absolute atomic E-state index is 11.5. The lowest BCUT2D eigenvalue weighted by atomic mass is 10.1. The van der Waals surface area contributed by atoms with E-state index in [-0.39, 0.29) is 6.04 Å². The largest absolute Gasteiger partial charge is 0.480 e. The summed E-state index contributed by atoms with van der Waals surface area (Å²) in [6.07, 6.45) is 4.64. The van der Waals surface area contributed by atoms with E-state index in [1.807, 2.05) is 4.90 Å². The van der Waals surface area contributed by atoms with E-state index in [0.717, 1.165) is 38.3 Å². The molecule has 2 atom stereocenters. The number of aliphatic carboxylic acids is 1. The zero-order chi connectivity index (χ0) is 15.4. The summed E-state index contributed by atoms with van der Waals surface area (Å²) in [7, 11) is 0. The van der Waals surface area contributed by atoms with Crippen LogP contribution >= 0.6 is 0 Å². The van der Waals surface area contributed by atoms with Crippen molar-refractivity contribution in [3.63, 3.8) is 0 Å². The second-order valence-corrected chi connectivity index (χ2v) is 6.59. The van der Waals surface area contributed by atoms with Crippen LogP contribution in [0.15, 0.2) is 11.9 Å². The fourth-order valence-electron chi connectivity index (χ4n) is 2.89. The van der Waals surface area contributed by atoms with Gasteiger partial charge in [0.15, 0.2) is 0 Å². The summed E-state index contributed by atoms with van der Waals surface area (Å²) in [5.41, 5.74) is 6.91. The second kappa shape index (κ2) is 7.13. The Morgan fingerprint density at radius 3 is 2.90 bits per heavy atom. The Balaban J connectivity index is 1.89. The molecule has 0 bridgehead atoms. The van der Waals surface area contributed by atoms with Gasteiger partial charge in [0.2, 0.25) is 0 Å². The van der Waals surface area contributed by atoms with Crippen LogP contribution in [0.2, 0.25) is 0 Å². The molecule has 21 heavy (non-hydrogen) atoms. The third kappa shape index (κ3) is 4.61. The molecule has 6 heteroatoms. The second-order valence-electron chi connectivity index (χ2n) is 6.59. The van der Waals surface area contributed by atoms with Gasteiger partial charge in [-0.05, 0) is 18.8 Å². The number of likely N-dealkylation sites (tertiary alicyclic amines) is 1. The van der Waals surface area contributed by atoms with Gasteiger partial charge in [0, 0.05) is 44.0 Å². The molecule has 0 unspecified atom stereocenters. The Morgan fingerprint density at radius 1 is 1.57 bits per heavy atom. The van der Waals surface area contributed by atoms with Crippen molar-refractivity contribution >= 4 is 5.97 Å². The number of nitrogens with one attached hydrogen (secondary N) is 1. The molecule has 0 saturated carbocycles. The highest BCUT2D eigenvalue weighted by molar-refractivity contribution is 5.74. The summed E-state index contributed by atoms with van der Waals surface area (Å²) in [4.78, 5) is 15.7. The lowest BCUT2D eigenvalue weighted by Gasteiger charge is -2.24. The average molecular weight is 296 g/mol. The van der Waals surface area contributed by atoms with Gasteiger partial charge >= 0.3 is 5.97 Å². The molecule has 0 aromatic carbocycles. The molecule has 2 rings (SSSR count). The number of hydrogen-bond acceptors (Lipinski definition) is 5. The van der Waals surface area contributed by atoms with Crippen molar-refractivity contribution in [2.75, 3.05) is 26.3 Å². The fourth-order valence-corrected chi connectivity index (χ4v) is 2.89. The Morgan fingerprint density at radius 2 is 2.33 bits per heavy atom. The highest BCUT2D eigenvalue weighted by Crippen LogP contribution is 2.19. The molecular weight excluding hydrogens is 268 g/mol. The van der Waals surface area contributed by atoms with Crippen LogP contribution < -0.4 is 11.1 Å². The molecule has 0 spiro atoms. The molecule has 2 aliphatic rings. The first-order valence-corrected chi connectivity index (χ1v) is 7.86. The van der Waals surface area contributed by atoms with Gasteiger partial charge in [0.25, 0.3) is 0 Å². The molecule has 1 saturated heterocycles. The normalized spacial score (nSPS) is 24.3. The summed E-state index contributed by atoms with van der Waals surface area (Å²) in [5.74, 6) is -0.0762. The summed E-state index contributed by atoms with van der Waals surface area (Å²) < 4.78 is 0. The van der Waals surface area contributed by atoms with Crippen LogP contribution in [0.3, 0.4) is 0 Å². The predicted molar refractivity (Wildman–Crippen MR) is 82.5 cm³/mol. The fraction of sp³-hybridized carbons (Fsp3) is 0.800. The maximum atomic E-state index is 11.5. The van der Waals surface area contributed by atoms with Crippen LogP contribution in [0.4, 0.5) is 0 Å². The van der Waals surface area contributed by atoms with E-state index in [9.17, 15) is 9.90 Å². The van der Waals surface area contributed by atoms with Crippen molar-refractivity contribution in [1.82, 2.24) is 15.1 Å². The van der Waals surface area contributed by atoms with E-state index in [4.69, 9.17) is 5.73 Å². The van der Waals surface area contributed by atoms with Gasteiger partial charge in [-0.1, -0.05) is 13.8 Å². The minimum Gasteiger partial charge on any atom is -0.480 e. The molecule has 1 fully saturated rings. The topological polar surface area (TPSA) is 81.8 Å². The molecule has 0 amide bonds. The van der Waals surface area contributed by atoms with E-state index in [1.165, 1.54) is 0 Å². The summed E-state index contributed by atoms with van der Waals surface area (Å²) in [6.45, 7) is 7.69.